The molecule has 0 aliphatic heterocycles. The van der Waals surface area contributed by atoms with Gasteiger partial charge in [-0.15, -0.1) is 0 Å². The van der Waals surface area contributed by atoms with Crippen molar-refractivity contribution in [2.24, 2.45) is 0 Å². The molecule has 8 heavy (non-hydrogen) atoms. The summed E-state index contributed by atoms with van der Waals surface area (Å²) >= 11 is 10.1. The third kappa shape index (κ3) is 3.25. The van der Waals surface area contributed by atoms with Crippen molar-refractivity contribution >= 4 is 47.8 Å². The van der Waals surface area contributed by atoms with Crippen LogP contribution in [0.1, 0.15) is 13.8 Å². The van der Waals surface area contributed by atoms with E-state index in [2.05, 4.69) is 61.6 Å². The van der Waals surface area contributed by atoms with Gasteiger partial charge in [0, 0.05) is 4.48 Å². The lowest BCUT2D eigenvalue weighted by molar-refractivity contribution is 1.35. The van der Waals surface area contributed by atoms with Crippen LogP contribution in [-0.4, -0.2) is 3.74 Å². The average molecular weight is 307 g/mol. The van der Waals surface area contributed by atoms with Crippen LogP contribution in [0.2, 0.25) is 0 Å². The van der Waals surface area contributed by atoms with Crippen molar-refractivity contribution in [3.8, 4) is 0 Å². The van der Waals surface area contributed by atoms with Crippen molar-refractivity contribution in [3.63, 3.8) is 0 Å². The molecular weight excluding hydrogens is 300 g/mol. The fourth-order valence-corrected chi connectivity index (χ4v) is 1.13. The van der Waals surface area contributed by atoms with Gasteiger partial charge in [0.15, 0.2) is 0 Å². The summed E-state index contributed by atoms with van der Waals surface area (Å²) in [5.74, 6) is 0. The second-order valence-corrected chi connectivity index (χ2v) is 5.56. The van der Waals surface area contributed by atoms with Crippen LogP contribution in [0.4, 0.5) is 0 Å². The molecule has 0 aromatic rings. The predicted octanol–water partition coefficient (Wildman–Crippen LogP) is 3.79. The third-order valence-corrected chi connectivity index (χ3v) is 4.06. The molecular formula is C5H7Br3. The monoisotopic (exact) mass is 304 g/mol. The molecule has 0 aromatic heterocycles. The van der Waals surface area contributed by atoms with E-state index in [0.29, 0.717) is 0 Å². The summed E-state index contributed by atoms with van der Waals surface area (Å²) in [4.78, 5) is 0. The van der Waals surface area contributed by atoms with Crippen LogP contribution < -0.4 is 0 Å². The molecule has 0 heterocycles. The predicted molar refractivity (Wildman–Crippen MR) is 48.9 cm³/mol. The van der Waals surface area contributed by atoms with E-state index >= 15 is 0 Å². The Kier molecular flexibility index (Phi) is 4.67. The number of allylic oxidation sites excluding steroid dienone is 2. The summed E-state index contributed by atoms with van der Waals surface area (Å²) in [5.41, 5.74) is 1.28. The summed E-state index contributed by atoms with van der Waals surface area (Å²) in [7, 11) is 0. The van der Waals surface area contributed by atoms with E-state index in [1.54, 1.807) is 0 Å². The molecule has 48 valence electrons. The Morgan fingerprint density at radius 1 is 1.25 bits per heavy atom. The molecule has 0 nitrogen and oxygen atoms in total. The zero-order valence-electron chi connectivity index (χ0n) is 4.71. The maximum absolute atomic E-state index is 3.39. The van der Waals surface area contributed by atoms with Gasteiger partial charge >= 0.3 is 0 Å². The molecule has 0 rings (SSSR count). The van der Waals surface area contributed by atoms with E-state index in [9.17, 15) is 0 Å². The minimum atomic E-state index is 0.264. The lowest BCUT2D eigenvalue weighted by Crippen LogP contribution is -1.84. The Morgan fingerprint density at radius 2 is 1.62 bits per heavy atom. The summed E-state index contributed by atoms with van der Waals surface area (Å²) in [6.07, 6.45) is 0. The van der Waals surface area contributed by atoms with E-state index < -0.39 is 0 Å². The first kappa shape index (κ1) is 9.18. The number of hydrogen-bond acceptors (Lipinski definition) is 0. The summed E-state index contributed by atoms with van der Waals surface area (Å²) < 4.78 is 1.43. The molecule has 0 unspecified atom stereocenters. The zero-order chi connectivity index (χ0) is 6.73. The summed E-state index contributed by atoms with van der Waals surface area (Å²) in [5, 5.41) is 0. The van der Waals surface area contributed by atoms with Gasteiger partial charge in [-0.25, -0.2) is 0 Å². The Hall–Kier alpha value is 1.18. The Bertz CT molecular complexity index is 100. The first-order chi connectivity index (χ1) is 3.55. The molecule has 0 N–H and O–H groups in total. The second-order valence-electron chi connectivity index (χ2n) is 1.65. The Morgan fingerprint density at radius 3 is 1.62 bits per heavy atom. The van der Waals surface area contributed by atoms with Gasteiger partial charge in [0.25, 0.3) is 0 Å². The topological polar surface area (TPSA) is 0 Å². The SMILES string of the molecule is CC(C)=C(Br)C(Br)Br. The smallest absolute Gasteiger partial charge is 0.0706 e. The van der Waals surface area contributed by atoms with Crippen LogP contribution in [0.3, 0.4) is 0 Å². The zero-order valence-corrected chi connectivity index (χ0v) is 9.47. The van der Waals surface area contributed by atoms with E-state index in [-0.39, 0.29) is 3.74 Å². The van der Waals surface area contributed by atoms with E-state index in [1.807, 2.05) is 0 Å². The maximum Gasteiger partial charge on any atom is 0.101 e. The first-order valence-electron chi connectivity index (χ1n) is 2.16. The first-order valence-corrected chi connectivity index (χ1v) is 4.79. The van der Waals surface area contributed by atoms with Gasteiger partial charge in [0.05, 0.1) is 0 Å². The molecule has 0 aliphatic carbocycles. The van der Waals surface area contributed by atoms with E-state index in [1.165, 1.54) is 5.57 Å². The third-order valence-electron chi connectivity index (χ3n) is 0.669. The van der Waals surface area contributed by atoms with Crippen LogP contribution >= 0.6 is 47.8 Å². The molecule has 0 radical (unpaired) electrons. The van der Waals surface area contributed by atoms with Gasteiger partial charge in [-0.3, -0.25) is 0 Å². The van der Waals surface area contributed by atoms with Crippen molar-refractivity contribution in [1.29, 1.82) is 0 Å². The summed E-state index contributed by atoms with van der Waals surface area (Å²) in [6.45, 7) is 4.11. The standard InChI is InChI=1S/C5H7Br3/c1-3(2)4(6)5(7)8/h5H,1-2H3. The molecule has 0 amide bonds. The minimum absolute atomic E-state index is 0.264. The largest absolute Gasteiger partial charge is 0.101 e. The number of rotatable bonds is 1. The van der Waals surface area contributed by atoms with Gasteiger partial charge < -0.3 is 0 Å². The fraction of sp³-hybridized carbons (Fsp3) is 0.600. The van der Waals surface area contributed by atoms with Gasteiger partial charge in [0.2, 0.25) is 0 Å². The van der Waals surface area contributed by atoms with Crippen molar-refractivity contribution in [1.82, 2.24) is 0 Å². The molecule has 0 saturated carbocycles. The molecule has 0 spiro atoms. The second kappa shape index (κ2) is 4.07. The van der Waals surface area contributed by atoms with Crippen LogP contribution in [0.5, 0.6) is 0 Å². The van der Waals surface area contributed by atoms with Gasteiger partial charge in [0.1, 0.15) is 3.74 Å². The fourth-order valence-electron chi connectivity index (χ4n) is 0.218. The van der Waals surface area contributed by atoms with E-state index in [0.717, 1.165) is 4.48 Å². The Balaban J connectivity index is 4.00. The maximum atomic E-state index is 3.39. The highest BCUT2D eigenvalue weighted by atomic mass is 79.9. The quantitative estimate of drug-likeness (QED) is 0.647. The van der Waals surface area contributed by atoms with Crippen LogP contribution in [0.15, 0.2) is 10.1 Å². The lowest BCUT2D eigenvalue weighted by atomic mass is 10.3. The highest BCUT2D eigenvalue weighted by Gasteiger charge is 2.01. The van der Waals surface area contributed by atoms with E-state index in [4.69, 9.17) is 0 Å². The Labute approximate surface area is 75.1 Å². The minimum Gasteiger partial charge on any atom is -0.0706 e. The highest BCUT2D eigenvalue weighted by molar-refractivity contribution is 9.25. The lowest BCUT2D eigenvalue weighted by Gasteiger charge is -1.99. The highest BCUT2D eigenvalue weighted by Crippen LogP contribution is 2.26. The van der Waals surface area contributed by atoms with Crippen molar-refractivity contribution in [2.75, 3.05) is 0 Å². The molecule has 0 bridgehead atoms. The van der Waals surface area contributed by atoms with Crippen LogP contribution in [0.25, 0.3) is 0 Å². The number of alkyl halides is 2. The molecule has 0 saturated heterocycles. The van der Waals surface area contributed by atoms with Crippen molar-refractivity contribution in [2.45, 2.75) is 17.6 Å². The number of hydrogen-bond donors (Lipinski definition) is 0. The van der Waals surface area contributed by atoms with Gasteiger partial charge in [-0.05, 0) is 13.8 Å². The molecule has 0 aromatic carbocycles. The van der Waals surface area contributed by atoms with Gasteiger partial charge in [-0.2, -0.15) is 0 Å². The normalized spacial score (nSPS) is 9.75. The van der Waals surface area contributed by atoms with Crippen LogP contribution in [-0.2, 0) is 0 Å². The van der Waals surface area contributed by atoms with Crippen LogP contribution in [0, 0.1) is 0 Å². The molecule has 3 heteroatoms. The van der Waals surface area contributed by atoms with Crippen molar-refractivity contribution in [3.05, 3.63) is 10.1 Å². The van der Waals surface area contributed by atoms with Crippen molar-refractivity contribution < 1.29 is 0 Å². The number of halogens is 3. The summed E-state index contributed by atoms with van der Waals surface area (Å²) in [6, 6.07) is 0. The van der Waals surface area contributed by atoms with Gasteiger partial charge in [-0.1, -0.05) is 53.4 Å². The average Bonchev–Trinajstić information content (AvgIpc) is 1.64. The molecule has 0 atom stereocenters. The molecule has 0 aliphatic rings. The molecule has 0 fully saturated rings.